The molecule has 0 aliphatic rings. The number of benzene rings is 2. The van der Waals surface area contributed by atoms with Crippen LogP contribution in [0.5, 0.6) is 5.75 Å². The first-order chi connectivity index (χ1) is 13.5. The highest BCUT2D eigenvalue weighted by Crippen LogP contribution is 2.22. The van der Waals surface area contributed by atoms with Crippen molar-refractivity contribution in [3.05, 3.63) is 64.0 Å². The van der Waals surface area contributed by atoms with Crippen LogP contribution in [0.1, 0.15) is 30.4 Å². The SMILES string of the molecule is CC[C@H](Oc1cc(C)ccc1C)C(=O)NCc1nc(-c2cccc(Br)c2)no1. The van der Waals surface area contributed by atoms with Crippen molar-refractivity contribution in [2.24, 2.45) is 0 Å². The fraction of sp³-hybridized carbons (Fsp3) is 0.286. The van der Waals surface area contributed by atoms with Gasteiger partial charge in [-0.15, -0.1) is 0 Å². The minimum absolute atomic E-state index is 0.145. The first kappa shape index (κ1) is 20.1. The van der Waals surface area contributed by atoms with E-state index in [4.69, 9.17) is 9.26 Å². The molecule has 0 aliphatic heterocycles. The summed E-state index contributed by atoms with van der Waals surface area (Å²) in [5, 5.41) is 6.78. The van der Waals surface area contributed by atoms with Crippen LogP contribution in [0.15, 0.2) is 51.5 Å². The van der Waals surface area contributed by atoms with Crippen LogP contribution >= 0.6 is 15.9 Å². The van der Waals surface area contributed by atoms with Crippen molar-refractivity contribution < 1.29 is 14.1 Å². The highest BCUT2D eigenvalue weighted by atomic mass is 79.9. The van der Waals surface area contributed by atoms with Crippen LogP contribution in [0.25, 0.3) is 11.4 Å². The molecule has 1 heterocycles. The van der Waals surface area contributed by atoms with Gasteiger partial charge >= 0.3 is 0 Å². The van der Waals surface area contributed by atoms with Crippen LogP contribution in [0.4, 0.5) is 0 Å². The van der Waals surface area contributed by atoms with E-state index in [0.717, 1.165) is 26.9 Å². The first-order valence-corrected chi connectivity index (χ1v) is 9.85. The second-order valence-corrected chi connectivity index (χ2v) is 7.44. The lowest BCUT2D eigenvalue weighted by Crippen LogP contribution is -2.37. The number of hydrogen-bond acceptors (Lipinski definition) is 5. The van der Waals surface area contributed by atoms with Crippen molar-refractivity contribution >= 4 is 21.8 Å². The molecule has 1 atom stereocenters. The molecule has 0 fully saturated rings. The van der Waals surface area contributed by atoms with Crippen molar-refractivity contribution in [2.75, 3.05) is 0 Å². The number of halogens is 1. The zero-order valence-corrected chi connectivity index (χ0v) is 17.6. The molecular weight excluding hydrogens is 422 g/mol. The third kappa shape index (κ3) is 4.98. The van der Waals surface area contributed by atoms with Gasteiger partial charge < -0.3 is 14.6 Å². The number of carbonyl (C=O) groups excluding carboxylic acids is 1. The van der Waals surface area contributed by atoms with E-state index < -0.39 is 6.10 Å². The summed E-state index contributed by atoms with van der Waals surface area (Å²) in [6.07, 6.45) is -0.0419. The fourth-order valence-electron chi connectivity index (χ4n) is 2.66. The highest BCUT2D eigenvalue weighted by Gasteiger charge is 2.20. The van der Waals surface area contributed by atoms with E-state index in [0.29, 0.717) is 18.1 Å². The standard InChI is InChI=1S/C21H22BrN3O3/c1-4-17(27-18-10-13(2)8-9-14(18)3)21(26)23-12-19-24-20(25-28-19)15-6-5-7-16(22)11-15/h5-11,17H,4,12H2,1-3H3,(H,23,26)/t17-/m0/s1. The number of amides is 1. The number of carbonyl (C=O) groups is 1. The summed E-state index contributed by atoms with van der Waals surface area (Å²) >= 11 is 3.42. The van der Waals surface area contributed by atoms with Crippen LogP contribution in [0, 0.1) is 13.8 Å². The maximum absolute atomic E-state index is 12.5. The summed E-state index contributed by atoms with van der Waals surface area (Å²) in [6, 6.07) is 13.5. The van der Waals surface area contributed by atoms with Crippen molar-refractivity contribution in [1.29, 1.82) is 0 Å². The smallest absolute Gasteiger partial charge is 0.261 e. The molecular formula is C21H22BrN3O3. The average Bonchev–Trinajstić information content (AvgIpc) is 3.16. The summed E-state index contributed by atoms with van der Waals surface area (Å²) in [4.78, 5) is 16.9. The predicted molar refractivity (Wildman–Crippen MR) is 110 cm³/mol. The maximum atomic E-state index is 12.5. The van der Waals surface area contributed by atoms with Crippen LogP contribution < -0.4 is 10.1 Å². The molecule has 0 radical (unpaired) electrons. The zero-order valence-electron chi connectivity index (χ0n) is 16.0. The van der Waals surface area contributed by atoms with Crippen LogP contribution in [0.2, 0.25) is 0 Å². The Morgan fingerprint density at radius 1 is 1.25 bits per heavy atom. The molecule has 1 N–H and O–H groups in total. The highest BCUT2D eigenvalue weighted by molar-refractivity contribution is 9.10. The Hall–Kier alpha value is -2.67. The number of nitrogens with one attached hydrogen (secondary N) is 1. The molecule has 1 amide bonds. The van der Waals surface area contributed by atoms with Gasteiger partial charge in [0.25, 0.3) is 5.91 Å². The fourth-order valence-corrected chi connectivity index (χ4v) is 3.06. The third-order valence-electron chi connectivity index (χ3n) is 4.24. The lowest BCUT2D eigenvalue weighted by atomic mass is 10.1. The number of nitrogens with zero attached hydrogens (tertiary/aromatic N) is 2. The van der Waals surface area contributed by atoms with E-state index in [1.807, 2.05) is 63.2 Å². The predicted octanol–water partition coefficient (Wildman–Crippen LogP) is 4.59. The molecule has 1 aromatic heterocycles. The zero-order chi connectivity index (χ0) is 20.1. The Morgan fingerprint density at radius 2 is 2.07 bits per heavy atom. The second-order valence-electron chi connectivity index (χ2n) is 6.52. The summed E-state index contributed by atoms with van der Waals surface area (Å²) < 4.78 is 12.1. The van der Waals surface area contributed by atoms with E-state index in [1.165, 1.54) is 0 Å². The van der Waals surface area contributed by atoms with Crippen molar-refractivity contribution in [3.63, 3.8) is 0 Å². The second kappa shape index (κ2) is 9.01. The van der Waals surface area contributed by atoms with Gasteiger partial charge in [-0.25, -0.2) is 0 Å². The maximum Gasteiger partial charge on any atom is 0.261 e. The molecule has 0 unspecified atom stereocenters. The third-order valence-corrected chi connectivity index (χ3v) is 4.73. The van der Waals surface area contributed by atoms with Gasteiger partial charge in [0.15, 0.2) is 6.10 Å². The lowest BCUT2D eigenvalue weighted by Gasteiger charge is -2.18. The number of hydrogen-bond donors (Lipinski definition) is 1. The number of rotatable bonds is 7. The van der Waals surface area contributed by atoms with Crippen molar-refractivity contribution in [1.82, 2.24) is 15.5 Å². The van der Waals surface area contributed by atoms with Gasteiger partial charge in [-0.3, -0.25) is 4.79 Å². The Kier molecular flexibility index (Phi) is 6.46. The summed E-state index contributed by atoms with van der Waals surface area (Å²) in [6.45, 7) is 6.01. The Bertz CT molecular complexity index is 971. The summed E-state index contributed by atoms with van der Waals surface area (Å²) in [5.41, 5.74) is 2.91. The van der Waals surface area contributed by atoms with Gasteiger partial charge in [-0.1, -0.05) is 52.3 Å². The summed E-state index contributed by atoms with van der Waals surface area (Å²) in [5.74, 6) is 1.32. The Labute approximate surface area is 172 Å². The number of aryl methyl sites for hydroxylation is 2. The van der Waals surface area contributed by atoms with E-state index >= 15 is 0 Å². The minimum Gasteiger partial charge on any atom is -0.480 e. The van der Waals surface area contributed by atoms with Gasteiger partial charge in [-0.2, -0.15) is 4.98 Å². The number of aromatic nitrogens is 2. The van der Waals surface area contributed by atoms with Crippen molar-refractivity contribution in [3.8, 4) is 17.1 Å². The normalized spacial score (nSPS) is 11.9. The van der Waals surface area contributed by atoms with E-state index in [-0.39, 0.29) is 12.5 Å². The molecule has 0 saturated heterocycles. The van der Waals surface area contributed by atoms with Crippen LogP contribution in [-0.2, 0) is 11.3 Å². The largest absolute Gasteiger partial charge is 0.480 e. The molecule has 6 nitrogen and oxygen atoms in total. The quantitative estimate of drug-likeness (QED) is 0.577. The minimum atomic E-state index is -0.590. The van der Waals surface area contributed by atoms with E-state index in [2.05, 4.69) is 31.4 Å². The van der Waals surface area contributed by atoms with Crippen LogP contribution in [0.3, 0.4) is 0 Å². The van der Waals surface area contributed by atoms with Gasteiger partial charge in [0.2, 0.25) is 11.7 Å². The molecule has 0 bridgehead atoms. The first-order valence-electron chi connectivity index (χ1n) is 9.06. The lowest BCUT2D eigenvalue weighted by molar-refractivity contribution is -0.128. The Balaban J connectivity index is 1.62. The monoisotopic (exact) mass is 443 g/mol. The van der Waals surface area contributed by atoms with E-state index in [1.54, 1.807) is 0 Å². The molecule has 3 rings (SSSR count). The molecule has 7 heteroatoms. The molecule has 0 aliphatic carbocycles. The number of ether oxygens (including phenoxy) is 1. The molecule has 0 saturated carbocycles. The van der Waals surface area contributed by atoms with Gasteiger partial charge in [0, 0.05) is 10.0 Å². The molecule has 146 valence electrons. The van der Waals surface area contributed by atoms with Gasteiger partial charge in [0.1, 0.15) is 5.75 Å². The molecule has 2 aromatic carbocycles. The average molecular weight is 444 g/mol. The topological polar surface area (TPSA) is 77.2 Å². The van der Waals surface area contributed by atoms with Gasteiger partial charge in [-0.05, 0) is 49.6 Å². The Morgan fingerprint density at radius 3 is 2.82 bits per heavy atom. The van der Waals surface area contributed by atoms with Crippen molar-refractivity contribution in [2.45, 2.75) is 39.8 Å². The molecule has 28 heavy (non-hydrogen) atoms. The molecule has 0 spiro atoms. The van der Waals surface area contributed by atoms with Gasteiger partial charge in [0.05, 0.1) is 6.54 Å². The summed E-state index contributed by atoms with van der Waals surface area (Å²) in [7, 11) is 0. The molecule has 3 aromatic rings. The van der Waals surface area contributed by atoms with Crippen LogP contribution in [-0.4, -0.2) is 22.2 Å². The van der Waals surface area contributed by atoms with E-state index in [9.17, 15) is 4.79 Å².